The van der Waals surface area contributed by atoms with Crippen molar-refractivity contribution in [1.29, 1.82) is 0 Å². The van der Waals surface area contributed by atoms with Crippen molar-refractivity contribution in [3.8, 4) is 0 Å². The molecule has 0 spiro atoms. The van der Waals surface area contributed by atoms with Gasteiger partial charge in [0.05, 0.1) is 29.6 Å². The van der Waals surface area contributed by atoms with E-state index < -0.39 is 17.9 Å². The third kappa shape index (κ3) is 3.20. The van der Waals surface area contributed by atoms with Gasteiger partial charge in [0.15, 0.2) is 0 Å². The van der Waals surface area contributed by atoms with Crippen LogP contribution in [-0.4, -0.2) is 33.5 Å². The lowest BCUT2D eigenvalue weighted by Crippen LogP contribution is -2.43. The van der Waals surface area contributed by atoms with Gasteiger partial charge in [-0.1, -0.05) is 12.1 Å². The highest BCUT2D eigenvalue weighted by atomic mass is 16.2. The molecule has 0 saturated heterocycles. The predicted molar refractivity (Wildman–Crippen MR) is 82.8 cm³/mol. The topological polar surface area (TPSA) is 105 Å². The van der Waals surface area contributed by atoms with Crippen molar-refractivity contribution in [1.82, 2.24) is 15.1 Å². The molecule has 0 saturated carbocycles. The number of para-hydroxylation sites is 1. The summed E-state index contributed by atoms with van der Waals surface area (Å²) in [7, 11) is 1.73. The van der Waals surface area contributed by atoms with E-state index in [1.54, 1.807) is 42.2 Å². The molecule has 3 amide bonds. The number of rotatable bonds is 3. The molecule has 1 aromatic heterocycles. The molecule has 1 aromatic carbocycles. The zero-order chi connectivity index (χ0) is 16.4. The molecule has 1 unspecified atom stereocenters. The lowest BCUT2D eigenvalue weighted by molar-refractivity contribution is -0.122. The number of aromatic nitrogens is 2. The SMILES string of the molecule is Cn1cc(NC(=O)CC2NC(=O)c3ccccc3NC2=O)cn1. The smallest absolute Gasteiger partial charge is 0.254 e. The Labute approximate surface area is 131 Å². The average Bonchev–Trinajstić information content (AvgIpc) is 2.86. The molecule has 3 N–H and O–H groups in total. The Bertz CT molecular complexity index is 783. The molecule has 23 heavy (non-hydrogen) atoms. The van der Waals surface area contributed by atoms with Gasteiger partial charge < -0.3 is 16.0 Å². The van der Waals surface area contributed by atoms with Crippen LogP contribution in [0.5, 0.6) is 0 Å². The molecule has 1 aliphatic heterocycles. The van der Waals surface area contributed by atoms with Crippen LogP contribution in [0, 0.1) is 0 Å². The number of hydrogen-bond acceptors (Lipinski definition) is 4. The van der Waals surface area contributed by atoms with Crippen LogP contribution >= 0.6 is 0 Å². The number of aryl methyl sites for hydroxylation is 1. The molecule has 0 bridgehead atoms. The molecule has 8 heteroatoms. The summed E-state index contributed by atoms with van der Waals surface area (Å²) in [5, 5.41) is 11.8. The summed E-state index contributed by atoms with van der Waals surface area (Å²) in [6.07, 6.45) is 2.97. The lowest BCUT2D eigenvalue weighted by Gasteiger charge is -2.13. The molecule has 3 rings (SSSR count). The summed E-state index contributed by atoms with van der Waals surface area (Å²) in [5.41, 5.74) is 1.34. The van der Waals surface area contributed by atoms with E-state index in [9.17, 15) is 14.4 Å². The van der Waals surface area contributed by atoms with Crippen LogP contribution in [-0.2, 0) is 16.6 Å². The second kappa shape index (κ2) is 5.91. The Hall–Kier alpha value is -3.16. The monoisotopic (exact) mass is 313 g/mol. The second-order valence-electron chi connectivity index (χ2n) is 5.22. The Balaban J connectivity index is 1.70. The molecular formula is C15H15N5O3. The van der Waals surface area contributed by atoms with E-state index in [-0.39, 0.29) is 12.3 Å². The van der Waals surface area contributed by atoms with E-state index >= 15 is 0 Å². The maximum Gasteiger partial charge on any atom is 0.254 e. The number of benzene rings is 1. The van der Waals surface area contributed by atoms with E-state index in [1.807, 2.05) is 0 Å². The number of carbonyl (C=O) groups is 3. The minimum atomic E-state index is -0.938. The number of fused-ring (bicyclic) bond motifs is 1. The summed E-state index contributed by atoms with van der Waals surface area (Å²) in [5.74, 6) is -1.20. The molecule has 8 nitrogen and oxygen atoms in total. The predicted octanol–water partition coefficient (Wildman–Crippen LogP) is 0.499. The van der Waals surface area contributed by atoms with Crippen molar-refractivity contribution in [2.75, 3.05) is 10.6 Å². The number of amides is 3. The Morgan fingerprint density at radius 1 is 1.35 bits per heavy atom. The fraction of sp³-hybridized carbons (Fsp3) is 0.200. The molecule has 0 aliphatic carbocycles. The van der Waals surface area contributed by atoms with Crippen LogP contribution in [0.15, 0.2) is 36.7 Å². The lowest BCUT2D eigenvalue weighted by atomic mass is 10.1. The molecule has 2 heterocycles. The van der Waals surface area contributed by atoms with Gasteiger partial charge in [0.25, 0.3) is 5.91 Å². The number of nitrogens with one attached hydrogen (secondary N) is 3. The Morgan fingerprint density at radius 2 is 2.13 bits per heavy atom. The first-order valence-electron chi connectivity index (χ1n) is 7.02. The first-order valence-corrected chi connectivity index (χ1v) is 7.02. The molecule has 1 atom stereocenters. The van der Waals surface area contributed by atoms with Crippen molar-refractivity contribution < 1.29 is 14.4 Å². The van der Waals surface area contributed by atoms with E-state index in [0.717, 1.165) is 0 Å². The third-order valence-corrected chi connectivity index (χ3v) is 3.43. The zero-order valence-corrected chi connectivity index (χ0v) is 12.4. The van der Waals surface area contributed by atoms with Crippen molar-refractivity contribution in [3.63, 3.8) is 0 Å². The molecule has 0 radical (unpaired) electrons. The number of anilines is 2. The summed E-state index contributed by atoms with van der Waals surface area (Å²) in [4.78, 5) is 36.4. The van der Waals surface area contributed by atoms with Gasteiger partial charge in [0, 0.05) is 13.2 Å². The van der Waals surface area contributed by atoms with Crippen LogP contribution in [0.1, 0.15) is 16.8 Å². The fourth-order valence-electron chi connectivity index (χ4n) is 2.34. The van der Waals surface area contributed by atoms with Crippen LogP contribution in [0.25, 0.3) is 0 Å². The summed E-state index contributed by atoms with van der Waals surface area (Å²) >= 11 is 0. The molecule has 2 aromatic rings. The van der Waals surface area contributed by atoms with Gasteiger partial charge in [0.2, 0.25) is 11.8 Å². The average molecular weight is 313 g/mol. The second-order valence-corrected chi connectivity index (χ2v) is 5.22. The maximum atomic E-state index is 12.2. The fourth-order valence-corrected chi connectivity index (χ4v) is 2.34. The zero-order valence-electron chi connectivity index (χ0n) is 12.4. The van der Waals surface area contributed by atoms with E-state index in [2.05, 4.69) is 21.0 Å². The quantitative estimate of drug-likeness (QED) is 0.767. The minimum absolute atomic E-state index is 0.166. The van der Waals surface area contributed by atoms with Gasteiger partial charge in [-0.15, -0.1) is 0 Å². The summed E-state index contributed by atoms with van der Waals surface area (Å²) in [6, 6.07) is 5.75. The summed E-state index contributed by atoms with van der Waals surface area (Å²) < 4.78 is 1.55. The Kier molecular flexibility index (Phi) is 3.80. The van der Waals surface area contributed by atoms with Gasteiger partial charge in [-0.05, 0) is 12.1 Å². The normalized spacial score (nSPS) is 16.8. The van der Waals surface area contributed by atoms with Crippen molar-refractivity contribution in [2.24, 2.45) is 7.05 Å². The first-order chi connectivity index (χ1) is 11.0. The van der Waals surface area contributed by atoms with Gasteiger partial charge >= 0.3 is 0 Å². The molecular weight excluding hydrogens is 298 g/mol. The van der Waals surface area contributed by atoms with E-state index in [4.69, 9.17) is 0 Å². The minimum Gasteiger partial charge on any atom is -0.340 e. The molecule has 0 fully saturated rings. The van der Waals surface area contributed by atoms with E-state index in [0.29, 0.717) is 16.9 Å². The molecule has 1 aliphatic rings. The van der Waals surface area contributed by atoms with Gasteiger partial charge in [0.1, 0.15) is 6.04 Å². The van der Waals surface area contributed by atoms with Crippen LogP contribution in [0.4, 0.5) is 11.4 Å². The third-order valence-electron chi connectivity index (χ3n) is 3.43. The van der Waals surface area contributed by atoms with Crippen LogP contribution in [0.2, 0.25) is 0 Å². The van der Waals surface area contributed by atoms with Gasteiger partial charge in [-0.25, -0.2) is 0 Å². The summed E-state index contributed by atoms with van der Waals surface area (Å²) in [6.45, 7) is 0. The highest BCUT2D eigenvalue weighted by Crippen LogP contribution is 2.19. The van der Waals surface area contributed by atoms with Crippen molar-refractivity contribution in [3.05, 3.63) is 42.2 Å². The highest BCUT2D eigenvalue weighted by Gasteiger charge is 2.29. The van der Waals surface area contributed by atoms with Gasteiger partial charge in [-0.3, -0.25) is 19.1 Å². The van der Waals surface area contributed by atoms with Crippen LogP contribution < -0.4 is 16.0 Å². The van der Waals surface area contributed by atoms with Gasteiger partial charge in [-0.2, -0.15) is 5.10 Å². The standard InChI is InChI=1S/C15H15N5O3/c1-20-8-9(7-16-20)17-13(21)6-12-15(23)18-11-5-3-2-4-10(11)14(22)19-12/h2-5,7-8,12H,6H2,1H3,(H,17,21)(H,18,23)(H,19,22). The maximum absolute atomic E-state index is 12.2. The van der Waals surface area contributed by atoms with Crippen LogP contribution in [0.3, 0.4) is 0 Å². The van der Waals surface area contributed by atoms with Crippen molar-refractivity contribution >= 4 is 29.1 Å². The van der Waals surface area contributed by atoms with Crippen molar-refractivity contribution in [2.45, 2.75) is 12.5 Å². The first kappa shape index (κ1) is 14.8. The Morgan fingerprint density at radius 3 is 2.87 bits per heavy atom. The van der Waals surface area contributed by atoms with E-state index in [1.165, 1.54) is 6.20 Å². The number of carbonyl (C=O) groups excluding carboxylic acids is 3. The largest absolute Gasteiger partial charge is 0.340 e. The molecule has 118 valence electrons. The highest BCUT2D eigenvalue weighted by molar-refractivity contribution is 6.11. The number of hydrogen-bond donors (Lipinski definition) is 3. The number of nitrogens with zero attached hydrogens (tertiary/aromatic N) is 2.